The Morgan fingerprint density at radius 1 is 0.966 bits per heavy atom. The van der Waals surface area contributed by atoms with E-state index in [1.54, 1.807) is 6.08 Å². The fourth-order valence-corrected chi connectivity index (χ4v) is 7.41. The highest BCUT2D eigenvalue weighted by Crippen LogP contribution is 2.70. The number of carbonyl (C=O) groups excluding carboxylic acids is 1. The van der Waals surface area contributed by atoms with Crippen LogP contribution in [-0.2, 0) is 14.9 Å². The van der Waals surface area contributed by atoms with Crippen molar-refractivity contribution >= 4 is 12.0 Å². The summed E-state index contributed by atoms with van der Waals surface area (Å²) < 4.78 is 5.85. The lowest BCUT2D eigenvalue weighted by atomic mass is 9.39. The van der Waals surface area contributed by atoms with E-state index >= 15 is 0 Å². The lowest BCUT2D eigenvalue weighted by Crippen LogP contribution is -2.59. The highest BCUT2D eigenvalue weighted by Gasteiger charge is 2.62. The fourth-order valence-electron chi connectivity index (χ4n) is 7.41. The molecule has 29 heavy (non-hydrogen) atoms. The van der Waals surface area contributed by atoms with Gasteiger partial charge in [-0.1, -0.05) is 67.6 Å². The first-order valence-electron chi connectivity index (χ1n) is 10.9. The van der Waals surface area contributed by atoms with Gasteiger partial charge in [0.25, 0.3) is 0 Å². The molecular formula is C27H30O2. The summed E-state index contributed by atoms with van der Waals surface area (Å²) in [5.41, 5.74) is 3.30. The average molecular weight is 387 g/mol. The van der Waals surface area contributed by atoms with Crippen molar-refractivity contribution in [2.45, 2.75) is 50.9 Å². The molecule has 2 aromatic rings. The van der Waals surface area contributed by atoms with E-state index in [2.05, 4.69) is 37.3 Å². The molecule has 6 rings (SSSR count). The van der Waals surface area contributed by atoms with Crippen molar-refractivity contribution in [3.8, 4) is 0 Å². The predicted octanol–water partition coefficient (Wildman–Crippen LogP) is 6.17. The summed E-state index contributed by atoms with van der Waals surface area (Å²) in [5, 5.41) is 0. The monoisotopic (exact) mass is 386 g/mol. The fraction of sp³-hybridized carbons (Fsp3) is 0.444. The standard InChI is InChI=1S/C27H30O2/c1-25-14-22-15-26(17-25,19-27(16-22,18-25)23-10-6-3-7-11-23)20-29-24(28)13-12-21-8-4-2-5-9-21/h2-13,22H,14-20H2,1H3. The summed E-state index contributed by atoms with van der Waals surface area (Å²) in [6.07, 6.45) is 10.9. The second kappa shape index (κ2) is 6.86. The Kier molecular flexibility index (Phi) is 4.42. The molecule has 0 amide bonds. The van der Waals surface area contributed by atoms with E-state index in [-0.39, 0.29) is 16.8 Å². The first-order valence-corrected chi connectivity index (χ1v) is 10.9. The largest absolute Gasteiger partial charge is 0.462 e. The van der Waals surface area contributed by atoms with Crippen LogP contribution in [0.3, 0.4) is 0 Å². The Bertz CT molecular complexity index is 918. The van der Waals surface area contributed by atoms with Gasteiger partial charge in [0, 0.05) is 11.5 Å². The van der Waals surface area contributed by atoms with Crippen LogP contribution in [0.15, 0.2) is 66.7 Å². The van der Waals surface area contributed by atoms with Gasteiger partial charge in [0.2, 0.25) is 0 Å². The number of ether oxygens (including phenoxy) is 1. The van der Waals surface area contributed by atoms with Crippen molar-refractivity contribution in [1.82, 2.24) is 0 Å². The van der Waals surface area contributed by atoms with Gasteiger partial charge in [0.15, 0.2) is 0 Å². The van der Waals surface area contributed by atoms with Gasteiger partial charge in [-0.3, -0.25) is 0 Å². The van der Waals surface area contributed by atoms with Crippen LogP contribution in [-0.4, -0.2) is 12.6 Å². The summed E-state index contributed by atoms with van der Waals surface area (Å²) >= 11 is 0. The molecule has 2 nitrogen and oxygen atoms in total. The van der Waals surface area contributed by atoms with Crippen LogP contribution in [0.25, 0.3) is 6.08 Å². The molecule has 0 radical (unpaired) electrons. The molecular weight excluding hydrogens is 356 g/mol. The van der Waals surface area contributed by atoms with E-state index < -0.39 is 0 Å². The van der Waals surface area contributed by atoms with Crippen molar-refractivity contribution in [2.24, 2.45) is 16.7 Å². The second-order valence-corrected chi connectivity index (χ2v) is 10.3. The molecule has 4 aliphatic rings. The predicted molar refractivity (Wildman–Crippen MR) is 116 cm³/mol. The molecule has 2 heteroatoms. The topological polar surface area (TPSA) is 26.3 Å². The van der Waals surface area contributed by atoms with E-state index in [4.69, 9.17) is 4.74 Å². The Labute approximate surface area is 174 Å². The van der Waals surface area contributed by atoms with Gasteiger partial charge in [-0.05, 0) is 72.5 Å². The van der Waals surface area contributed by atoms with Crippen LogP contribution in [0, 0.1) is 16.7 Å². The van der Waals surface area contributed by atoms with Crippen molar-refractivity contribution in [3.05, 3.63) is 77.9 Å². The lowest BCUT2D eigenvalue weighted by Gasteiger charge is -2.66. The van der Waals surface area contributed by atoms with E-state index in [0.717, 1.165) is 17.9 Å². The van der Waals surface area contributed by atoms with Gasteiger partial charge in [-0.2, -0.15) is 0 Å². The Morgan fingerprint density at radius 2 is 1.69 bits per heavy atom. The molecule has 0 spiro atoms. The summed E-state index contributed by atoms with van der Waals surface area (Å²) in [5.74, 6) is 0.540. The minimum absolute atomic E-state index is 0.139. The molecule has 0 aliphatic heterocycles. The molecule has 4 unspecified atom stereocenters. The van der Waals surface area contributed by atoms with Gasteiger partial charge >= 0.3 is 5.97 Å². The van der Waals surface area contributed by atoms with Crippen LogP contribution in [0.5, 0.6) is 0 Å². The Morgan fingerprint density at radius 3 is 2.41 bits per heavy atom. The molecule has 4 bridgehead atoms. The first kappa shape index (κ1) is 18.7. The lowest BCUT2D eigenvalue weighted by molar-refractivity contribution is -0.163. The first-order chi connectivity index (χ1) is 14.0. The van der Waals surface area contributed by atoms with Crippen LogP contribution in [0.4, 0.5) is 0 Å². The zero-order valence-electron chi connectivity index (χ0n) is 17.3. The molecule has 0 saturated heterocycles. The third-order valence-electron chi connectivity index (χ3n) is 7.58. The number of hydrogen-bond donors (Lipinski definition) is 0. The Balaban J connectivity index is 1.34. The van der Waals surface area contributed by atoms with E-state index in [1.165, 1.54) is 37.7 Å². The quantitative estimate of drug-likeness (QED) is 0.454. The number of rotatable bonds is 5. The highest BCUT2D eigenvalue weighted by atomic mass is 16.5. The third-order valence-corrected chi connectivity index (χ3v) is 7.58. The third kappa shape index (κ3) is 3.54. The maximum Gasteiger partial charge on any atom is 0.330 e. The molecule has 4 aliphatic carbocycles. The minimum atomic E-state index is -0.219. The second-order valence-electron chi connectivity index (χ2n) is 10.3. The van der Waals surface area contributed by atoms with Crippen LogP contribution in [0.2, 0.25) is 0 Å². The van der Waals surface area contributed by atoms with Gasteiger partial charge < -0.3 is 4.74 Å². The maximum atomic E-state index is 12.4. The SMILES string of the molecule is CC12CC3CC(COC(=O)C=Cc4ccccc4)(C1)CC(c1ccccc1)(C3)C2. The molecule has 150 valence electrons. The van der Waals surface area contributed by atoms with E-state index in [1.807, 2.05) is 36.4 Å². The maximum absolute atomic E-state index is 12.4. The van der Waals surface area contributed by atoms with Gasteiger partial charge in [0.05, 0.1) is 6.61 Å². The zero-order valence-corrected chi connectivity index (χ0v) is 17.3. The van der Waals surface area contributed by atoms with Crippen molar-refractivity contribution in [2.75, 3.05) is 6.61 Å². The number of esters is 1. The summed E-state index contributed by atoms with van der Waals surface area (Å²) in [7, 11) is 0. The molecule has 0 heterocycles. The number of carbonyl (C=O) groups is 1. The molecule has 2 aromatic carbocycles. The minimum Gasteiger partial charge on any atom is -0.462 e. The normalized spacial score (nSPS) is 35.1. The van der Waals surface area contributed by atoms with Gasteiger partial charge in [0.1, 0.15) is 0 Å². The molecule has 0 aromatic heterocycles. The zero-order chi connectivity index (χ0) is 20.0. The van der Waals surface area contributed by atoms with Gasteiger partial charge in [-0.25, -0.2) is 4.79 Å². The number of hydrogen-bond acceptors (Lipinski definition) is 2. The summed E-state index contributed by atoms with van der Waals surface area (Å²) in [6.45, 7) is 3.03. The van der Waals surface area contributed by atoms with E-state index in [0.29, 0.717) is 12.0 Å². The van der Waals surface area contributed by atoms with Crippen molar-refractivity contribution in [1.29, 1.82) is 0 Å². The average Bonchev–Trinajstić information content (AvgIpc) is 2.70. The Hall–Kier alpha value is -2.35. The number of benzene rings is 2. The van der Waals surface area contributed by atoms with Crippen LogP contribution >= 0.6 is 0 Å². The molecule has 4 fully saturated rings. The van der Waals surface area contributed by atoms with Crippen molar-refractivity contribution < 1.29 is 9.53 Å². The van der Waals surface area contributed by atoms with Crippen molar-refractivity contribution in [3.63, 3.8) is 0 Å². The smallest absolute Gasteiger partial charge is 0.330 e. The van der Waals surface area contributed by atoms with Crippen LogP contribution in [0.1, 0.15) is 56.6 Å². The summed E-state index contributed by atoms with van der Waals surface area (Å²) in [4.78, 5) is 12.4. The summed E-state index contributed by atoms with van der Waals surface area (Å²) in [6, 6.07) is 21.0. The molecule has 4 saturated carbocycles. The van der Waals surface area contributed by atoms with E-state index in [9.17, 15) is 4.79 Å². The molecule has 0 N–H and O–H groups in total. The highest BCUT2D eigenvalue weighted by molar-refractivity contribution is 5.87. The van der Waals surface area contributed by atoms with Crippen LogP contribution < -0.4 is 0 Å². The van der Waals surface area contributed by atoms with Gasteiger partial charge in [-0.15, -0.1) is 0 Å². The molecule has 4 atom stereocenters.